The van der Waals surface area contributed by atoms with E-state index in [4.69, 9.17) is 23.8 Å². The van der Waals surface area contributed by atoms with E-state index in [0.717, 1.165) is 36.3 Å². The molecule has 3 nitrogen and oxygen atoms in total. The fourth-order valence-corrected chi connectivity index (χ4v) is 5.57. The molecule has 0 spiro atoms. The Morgan fingerprint density at radius 3 is 2.88 bits per heavy atom. The minimum Gasteiger partial charge on any atom is -0.334 e. The summed E-state index contributed by atoms with van der Waals surface area (Å²) in [7, 11) is 0. The van der Waals surface area contributed by atoms with Gasteiger partial charge in [-0.2, -0.15) is 0 Å². The average molecular weight is 392 g/mol. The number of rotatable bonds is 4. The molecule has 0 radical (unpaired) electrons. The summed E-state index contributed by atoms with van der Waals surface area (Å²) in [6, 6.07) is 4.93. The maximum atomic E-state index is 14.5. The van der Waals surface area contributed by atoms with Crippen LogP contribution in [0.25, 0.3) is 0 Å². The first-order valence-corrected chi connectivity index (χ1v) is 10.4. The van der Waals surface area contributed by atoms with Gasteiger partial charge in [0.2, 0.25) is 0 Å². The van der Waals surface area contributed by atoms with Gasteiger partial charge in [0.25, 0.3) is 0 Å². The summed E-state index contributed by atoms with van der Waals surface area (Å²) in [5.41, 5.74) is 3.18. The van der Waals surface area contributed by atoms with Crippen LogP contribution >= 0.6 is 23.8 Å². The van der Waals surface area contributed by atoms with Crippen molar-refractivity contribution in [2.45, 2.75) is 50.0 Å². The van der Waals surface area contributed by atoms with Gasteiger partial charge in [0.1, 0.15) is 5.82 Å². The standard InChI is InChI=1S/C20H23ClFN3S/c21-13-4-5-16(22)14(10-13)20-11-15(20)18-17(23-19(26)25(18)12-20)6-9-24-7-2-1-3-8-24/h4-5,10,15H,1-3,6-9,11-12H2,(H,23,26)/t15?,20-/m1/s1. The third-order valence-corrected chi connectivity index (χ3v) is 7.10. The molecule has 3 heterocycles. The third-order valence-electron chi connectivity index (χ3n) is 6.54. The number of fused-ring (bicyclic) bond motifs is 3. The van der Waals surface area contributed by atoms with E-state index in [-0.39, 0.29) is 11.2 Å². The predicted octanol–water partition coefficient (Wildman–Crippen LogP) is 4.81. The summed E-state index contributed by atoms with van der Waals surface area (Å²) in [4.78, 5) is 5.99. The van der Waals surface area contributed by atoms with Crippen LogP contribution in [0, 0.1) is 10.6 Å². The summed E-state index contributed by atoms with van der Waals surface area (Å²) in [5, 5.41) is 0.605. The van der Waals surface area contributed by atoms with Gasteiger partial charge in [-0.05, 0) is 68.3 Å². The Kier molecular flexibility index (Phi) is 4.03. The first-order chi connectivity index (χ1) is 12.6. The second-order valence-corrected chi connectivity index (χ2v) is 8.89. The SMILES string of the molecule is Fc1ccc(Cl)cc1[C@]12CC1c1c(CCN3CCCCC3)[nH]c(=S)n1C2. The first-order valence-electron chi connectivity index (χ1n) is 9.58. The monoisotopic (exact) mass is 391 g/mol. The van der Waals surface area contributed by atoms with Gasteiger partial charge in [-0.1, -0.05) is 18.0 Å². The molecule has 1 saturated carbocycles. The van der Waals surface area contributed by atoms with Gasteiger partial charge in [-0.3, -0.25) is 0 Å². The fraction of sp³-hybridized carbons (Fsp3) is 0.550. The van der Waals surface area contributed by atoms with Crippen LogP contribution in [0.5, 0.6) is 0 Å². The van der Waals surface area contributed by atoms with Crippen LogP contribution in [0.1, 0.15) is 48.6 Å². The van der Waals surface area contributed by atoms with E-state index in [9.17, 15) is 4.39 Å². The highest BCUT2D eigenvalue weighted by Gasteiger charge is 2.63. The Labute approximate surface area is 163 Å². The van der Waals surface area contributed by atoms with Gasteiger partial charge in [0, 0.05) is 47.3 Å². The van der Waals surface area contributed by atoms with E-state index < -0.39 is 0 Å². The van der Waals surface area contributed by atoms with Crippen LogP contribution < -0.4 is 0 Å². The van der Waals surface area contributed by atoms with Crippen LogP contribution in [0.3, 0.4) is 0 Å². The van der Waals surface area contributed by atoms with Crippen LogP contribution in [0.2, 0.25) is 5.02 Å². The maximum absolute atomic E-state index is 14.5. The van der Waals surface area contributed by atoms with Crippen molar-refractivity contribution in [2.24, 2.45) is 0 Å². The van der Waals surface area contributed by atoms with Crippen molar-refractivity contribution in [3.05, 3.63) is 50.8 Å². The number of likely N-dealkylation sites (tertiary alicyclic amines) is 1. The minimum absolute atomic E-state index is 0.146. The maximum Gasteiger partial charge on any atom is 0.177 e. The van der Waals surface area contributed by atoms with Crippen LogP contribution in [-0.4, -0.2) is 34.1 Å². The number of hydrogen-bond donors (Lipinski definition) is 1. The van der Waals surface area contributed by atoms with E-state index in [2.05, 4.69) is 14.5 Å². The molecule has 1 saturated heterocycles. The molecule has 1 unspecified atom stereocenters. The van der Waals surface area contributed by atoms with Crippen molar-refractivity contribution in [3.63, 3.8) is 0 Å². The number of aromatic nitrogens is 2. The molecule has 26 heavy (non-hydrogen) atoms. The fourth-order valence-electron chi connectivity index (χ4n) is 5.11. The van der Waals surface area contributed by atoms with Gasteiger partial charge in [0.05, 0.1) is 0 Å². The highest BCUT2D eigenvalue weighted by atomic mass is 35.5. The minimum atomic E-state index is -0.146. The zero-order valence-corrected chi connectivity index (χ0v) is 16.3. The van der Waals surface area contributed by atoms with Gasteiger partial charge in [-0.25, -0.2) is 4.39 Å². The molecule has 1 aromatic carbocycles. The van der Waals surface area contributed by atoms with E-state index in [1.807, 2.05) is 6.07 Å². The molecule has 3 aliphatic rings. The van der Waals surface area contributed by atoms with Crippen LogP contribution in [-0.2, 0) is 18.4 Å². The molecule has 2 atom stereocenters. The zero-order valence-electron chi connectivity index (χ0n) is 14.7. The molecule has 2 fully saturated rings. The van der Waals surface area contributed by atoms with Gasteiger partial charge < -0.3 is 14.5 Å². The lowest BCUT2D eigenvalue weighted by molar-refractivity contribution is 0.231. The Bertz CT molecular complexity index is 914. The molecule has 2 aromatic rings. The number of piperidine rings is 1. The molecular formula is C20H23ClFN3S. The number of hydrogen-bond acceptors (Lipinski definition) is 2. The number of imidazole rings is 1. The molecule has 1 aliphatic carbocycles. The summed E-state index contributed by atoms with van der Waals surface area (Å²) in [5.74, 6) is 0.215. The lowest BCUT2D eigenvalue weighted by Crippen LogP contribution is -2.31. The van der Waals surface area contributed by atoms with Crippen molar-refractivity contribution >= 4 is 23.8 Å². The van der Waals surface area contributed by atoms with E-state index in [0.29, 0.717) is 10.9 Å². The van der Waals surface area contributed by atoms with Crippen LogP contribution in [0.15, 0.2) is 18.2 Å². The number of benzene rings is 1. The second-order valence-electron chi connectivity index (χ2n) is 8.07. The third kappa shape index (κ3) is 2.59. The summed E-state index contributed by atoms with van der Waals surface area (Å²) in [6.07, 6.45) is 5.97. The molecule has 5 rings (SSSR count). The topological polar surface area (TPSA) is 24.0 Å². The van der Waals surface area contributed by atoms with Crippen molar-refractivity contribution in [1.82, 2.24) is 14.5 Å². The van der Waals surface area contributed by atoms with Crippen molar-refractivity contribution in [2.75, 3.05) is 19.6 Å². The molecule has 1 aromatic heterocycles. The highest BCUT2D eigenvalue weighted by Crippen LogP contribution is 2.66. The summed E-state index contributed by atoms with van der Waals surface area (Å²) >= 11 is 11.7. The van der Waals surface area contributed by atoms with Crippen molar-refractivity contribution < 1.29 is 4.39 Å². The lowest BCUT2D eigenvalue weighted by atomic mass is 9.93. The molecule has 138 valence electrons. The number of halogens is 2. The predicted molar refractivity (Wildman–Crippen MR) is 104 cm³/mol. The highest BCUT2D eigenvalue weighted by molar-refractivity contribution is 7.71. The summed E-state index contributed by atoms with van der Waals surface area (Å²) < 4.78 is 17.5. The summed E-state index contributed by atoms with van der Waals surface area (Å²) in [6.45, 7) is 4.26. The van der Waals surface area contributed by atoms with E-state index in [1.165, 1.54) is 49.8 Å². The lowest BCUT2D eigenvalue weighted by Gasteiger charge is -2.26. The molecule has 2 aliphatic heterocycles. The Morgan fingerprint density at radius 1 is 1.27 bits per heavy atom. The quantitative estimate of drug-likeness (QED) is 0.756. The normalized spacial score (nSPS) is 27.4. The van der Waals surface area contributed by atoms with E-state index in [1.54, 1.807) is 6.07 Å². The zero-order chi connectivity index (χ0) is 17.9. The second kappa shape index (κ2) is 6.18. The Morgan fingerprint density at radius 2 is 2.08 bits per heavy atom. The molecule has 6 heteroatoms. The van der Waals surface area contributed by atoms with Crippen molar-refractivity contribution in [1.29, 1.82) is 0 Å². The Hall–Kier alpha value is -1.17. The molecular weight excluding hydrogens is 369 g/mol. The van der Waals surface area contributed by atoms with Gasteiger partial charge >= 0.3 is 0 Å². The number of nitrogens with zero attached hydrogens (tertiary/aromatic N) is 2. The number of nitrogens with one attached hydrogen (secondary N) is 1. The largest absolute Gasteiger partial charge is 0.334 e. The van der Waals surface area contributed by atoms with Gasteiger partial charge in [0.15, 0.2) is 4.77 Å². The average Bonchev–Trinajstić information content (AvgIpc) is 3.14. The smallest absolute Gasteiger partial charge is 0.177 e. The molecule has 0 bridgehead atoms. The Balaban J connectivity index is 1.41. The number of H-pyrrole nitrogens is 1. The number of aromatic amines is 1. The van der Waals surface area contributed by atoms with E-state index >= 15 is 0 Å². The first kappa shape index (κ1) is 17.0. The van der Waals surface area contributed by atoms with Gasteiger partial charge in [-0.15, -0.1) is 0 Å². The molecule has 1 N–H and O–H groups in total. The van der Waals surface area contributed by atoms with Crippen molar-refractivity contribution in [3.8, 4) is 0 Å². The molecule has 0 amide bonds. The van der Waals surface area contributed by atoms with Crippen LogP contribution in [0.4, 0.5) is 4.39 Å².